The highest BCUT2D eigenvalue weighted by molar-refractivity contribution is 6.42. The van der Waals surface area contributed by atoms with Gasteiger partial charge in [-0.1, -0.05) is 34.8 Å². The van der Waals surface area contributed by atoms with Gasteiger partial charge in [0, 0.05) is 28.8 Å². The first-order valence-electron chi connectivity index (χ1n) is 5.79. The number of aliphatic carboxylic acids is 1. The summed E-state index contributed by atoms with van der Waals surface area (Å²) in [5.41, 5.74) is 0.577. The summed E-state index contributed by atoms with van der Waals surface area (Å²) in [4.78, 5) is 10.6. The van der Waals surface area contributed by atoms with Crippen molar-refractivity contribution in [1.82, 2.24) is 0 Å². The molecule has 0 bridgehead atoms. The van der Waals surface area contributed by atoms with Crippen LogP contribution in [0, 0.1) is 0 Å². The van der Waals surface area contributed by atoms with Crippen molar-refractivity contribution in [2.75, 3.05) is 0 Å². The predicted octanol–water partition coefficient (Wildman–Crippen LogP) is 5.54. The van der Waals surface area contributed by atoms with Crippen LogP contribution in [0.25, 0.3) is 6.08 Å². The third-order valence-electron chi connectivity index (χ3n) is 2.50. The summed E-state index contributed by atoms with van der Waals surface area (Å²) in [6.07, 6.45) is 2.44. The molecule has 3 nitrogen and oxygen atoms in total. The Bertz CT molecular complexity index is 711. The average molecular weight is 344 g/mol. The van der Waals surface area contributed by atoms with Crippen LogP contribution in [0.3, 0.4) is 0 Å². The molecule has 0 unspecified atom stereocenters. The molecule has 1 N–H and O–H groups in total. The monoisotopic (exact) mass is 342 g/mol. The van der Waals surface area contributed by atoms with Crippen molar-refractivity contribution in [3.05, 3.63) is 63.1 Å². The molecule has 2 rings (SSSR count). The minimum absolute atomic E-state index is 0.360. The van der Waals surface area contributed by atoms with Gasteiger partial charge in [-0.2, -0.15) is 0 Å². The van der Waals surface area contributed by atoms with E-state index in [1.807, 2.05) is 0 Å². The third kappa shape index (κ3) is 4.39. The Labute approximate surface area is 136 Å². The van der Waals surface area contributed by atoms with E-state index in [1.54, 1.807) is 36.4 Å². The lowest BCUT2D eigenvalue weighted by Gasteiger charge is -2.10. The number of carbonyl (C=O) groups is 1. The fraction of sp³-hybridized carbons (Fsp3) is 0. The van der Waals surface area contributed by atoms with Gasteiger partial charge in [0.05, 0.1) is 10.0 Å². The first-order valence-corrected chi connectivity index (χ1v) is 6.92. The normalized spacial score (nSPS) is 10.8. The van der Waals surface area contributed by atoms with Crippen LogP contribution in [0.5, 0.6) is 11.5 Å². The third-order valence-corrected chi connectivity index (χ3v) is 3.47. The molecule has 0 radical (unpaired) electrons. The van der Waals surface area contributed by atoms with Crippen LogP contribution in [-0.4, -0.2) is 11.1 Å². The second kappa shape index (κ2) is 6.85. The topological polar surface area (TPSA) is 46.5 Å². The maximum Gasteiger partial charge on any atom is 0.328 e. The van der Waals surface area contributed by atoms with E-state index in [0.717, 1.165) is 6.08 Å². The number of halogens is 3. The van der Waals surface area contributed by atoms with Gasteiger partial charge in [-0.05, 0) is 30.3 Å². The van der Waals surface area contributed by atoms with Crippen LogP contribution < -0.4 is 4.74 Å². The van der Waals surface area contributed by atoms with E-state index in [-0.39, 0.29) is 0 Å². The highest BCUT2D eigenvalue weighted by Gasteiger charge is 2.06. The quantitative estimate of drug-likeness (QED) is 0.742. The van der Waals surface area contributed by atoms with Gasteiger partial charge in [0.2, 0.25) is 0 Å². The second-order valence-corrected chi connectivity index (χ2v) is 5.28. The lowest BCUT2D eigenvalue weighted by atomic mass is 10.2. The van der Waals surface area contributed by atoms with Gasteiger partial charge in [0.15, 0.2) is 0 Å². The molecule has 2 aromatic rings. The number of benzene rings is 2. The van der Waals surface area contributed by atoms with E-state index in [1.165, 1.54) is 6.08 Å². The summed E-state index contributed by atoms with van der Waals surface area (Å²) in [7, 11) is 0. The summed E-state index contributed by atoms with van der Waals surface area (Å²) in [6, 6.07) is 9.72. The fourth-order valence-corrected chi connectivity index (χ4v) is 2.01. The molecular formula is C15H9Cl3O3. The highest BCUT2D eigenvalue weighted by atomic mass is 35.5. The van der Waals surface area contributed by atoms with Gasteiger partial charge in [-0.25, -0.2) is 4.79 Å². The summed E-state index contributed by atoms with van der Waals surface area (Å²) in [5.74, 6) is -0.166. The predicted molar refractivity (Wildman–Crippen MR) is 84.7 cm³/mol. The first kappa shape index (κ1) is 15.7. The molecule has 0 aliphatic carbocycles. The number of hydrogen-bond donors (Lipinski definition) is 1. The van der Waals surface area contributed by atoms with E-state index in [4.69, 9.17) is 44.6 Å². The van der Waals surface area contributed by atoms with Gasteiger partial charge in [-0.3, -0.25) is 0 Å². The molecule has 0 fully saturated rings. The van der Waals surface area contributed by atoms with Crippen LogP contribution in [0.15, 0.2) is 42.5 Å². The average Bonchev–Trinajstić information content (AvgIpc) is 2.42. The smallest absolute Gasteiger partial charge is 0.328 e. The Hall–Kier alpha value is -1.68. The van der Waals surface area contributed by atoms with E-state index in [2.05, 4.69) is 0 Å². The van der Waals surface area contributed by atoms with Crippen LogP contribution in [0.2, 0.25) is 15.1 Å². The molecule has 0 aliphatic heterocycles. The number of hydrogen-bond acceptors (Lipinski definition) is 2. The molecule has 21 heavy (non-hydrogen) atoms. The molecule has 108 valence electrons. The van der Waals surface area contributed by atoms with Gasteiger partial charge in [0.25, 0.3) is 0 Å². The minimum atomic E-state index is -1.05. The summed E-state index contributed by atoms with van der Waals surface area (Å²) in [6.45, 7) is 0. The van der Waals surface area contributed by atoms with Gasteiger partial charge < -0.3 is 9.84 Å². The zero-order chi connectivity index (χ0) is 15.4. The van der Waals surface area contributed by atoms with Crippen LogP contribution >= 0.6 is 34.8 Å². The first-order chi connectivity index (χ1) is 9.95. The van der Waals surface area contributed by atoms with Gasteiger partial charge in [0.1, 0.15) is 11.5 Å². The van der Waals surface area contributed by atoms with Crippen molar-refractivity contribution in [1.29, 1.82) is 0 Å². The molecule has 2 aromatic carbocycles. The lowest BCUT2D eigenvalue weighted by molar-refractivity contribution is -0.131. The molecule has 0 aromatic heterocycles. The zero-order valence-corrected chi connectivity index (χ0v) is 12.8. The molecule has 0 atom stereocenters. The van der Waals surface area contributed by atoms with Gasteiger partial charge >= 0.3 is 5.97 Å². The van der Waals surface area contributed by atoms with Crippen molar-refractivity contribution in [3.63, 3.8) is 0 Å². The molecule has 0 saturated carbocycles. The number of carboxylic acids is 1. The highest BCUT2D eigenvalue weighted by Crippen LogP contribution is 2.32. The second-order valence-electron chi connectivity index (χ2n) is 4.03. The molecule has 0 aliphatic rings. The number of carboxylic acid groups (broad SMARTS) is 1. The molecular weight excluding hydrogens is 335 g/mol. The lowest BCUT2D eigenvalue weighted by Crippen LogP contribution is -1.90. The van der Waals surface area contributed by atoms with Crippen molar-refractivity contribution in [2.24, 2.45) is 0 Å². The van der Waals surface area contributed by atoms with Crippen LogP contribution in [0.4, 0.5) is 0 Å². The molecule has 0 spiro atoms. The van der Waals surface area contributed by atoms with E-state index in [9.17, 15) is 4.79 Å². The Morgan fingerprint density at radius 2 is 1.81 bits per heavy atom. The number of rotatable bonds is 4. The maximum absolute atomic E-state index is 10.6. The van der Waals surface area contributed by atoms with Crippen molar-refractivity contribution in [2.45, 2.75) is 0 Å². The summed E-state index contributed by atoms with van der Waals surface area (Å²) >= 11 is 17.7. The van der Waals surface area contributed by atoms with Crippen molar-refractivity contribution < 1.29 is 14.6 Å². The molecule has 6 heteroatoms. The molecule has 0 amide bonds. The Morgan fingerprint density at radius 3 is 2.48 bits per heavy atom. The number of ether oxygens (including phenoxy) is 1. The van der Waals surface area contributed by atoms with E-state index >= 15 is 0 Å². The Balaban J connectivity index is 2.35. The Kier molecular flexibility index (Phi) is 5.12. The van der Waals surface area contributed by atoms with Crippen molar-refractivity contribution in [3.8, 4) is 11.5 Å². The van der Waals surface area contributed by atoms with Crippen LogP contribution in [-0.2, 0) is 4.79 Å². The summed E-state index contributed by atoms with van der Waals surface area (Å²) < 4.78 is 5.69. The maximum atomic E-state index is 10.6. The largest absolute Gasteiger partial charge is 0.478 e. The van der Waals surface area contributed by atoms with Crippen LogP contribution in [0.1, 0.15) is 5.56 Å². The van der Waals surface area contributed by atoms with E-state index < -0.39 is 5.97 Å². The molecule has 0 saturated heterocycles. The SMILES string of the molecule is O=C(O)/C=C/c1ccc(Cl)cc1Oc1ccc(Cl)c(Cl)c1. The standard InChI is InChI=1S/C15H9Cl3O3/c16-10-3-1-9(2-6-15(19)20)14(7-10)21-11-4-5-12(17)13(18)8-11/h1-8H,(H,19,20)/b6-2+. The molecule has 0 heterocycles. The van der Waals surface area contributed by atoms with E-state index in [0.29, 0.717) is 32.1 Å². The van der Waals surface area contributed by atoms with Crippen molar-refractivity contribution >= 4 is 46.8 Å². The zero-order valence-electron chi connectivity index (χ0n) is 10.5. The summed E-state index contributed by atoms with van der Waals surface area (Å²) in [5, 5.41) is 9.94. The fourth-order valence-electron chi connectivity index (χ4n) is 1.56. The minimum Gasteiger partial charge on any atom is -0.478 e. The van der Waals surface area contributed by atoms with Gasteiger partial charge in [-0.15, -0.1) is 0 Å². The Morgan fingerprint density at radius 1 is 1.05 bits per heavy atom.